The first-order valence-corrected chi connectivity index (χ1v) is 4.95. The van der Waals surface area contributed by atoms with Crippen LogP contribution < -0.4 is 0 Å². The van der Waals surface area contributed by atoms with E-state index in [9.17, 15) is 4.79 Å². The van der Waals surface area contributed by atoms with E-state index in [1.807, 2.05) is 18.3 Å². The molecule has 2 rings (SSSR count). The predicted octanol–water partition coefficient (Wildman–Crippen LogP) is 2.15. The van der Waals surface area contributed by atoms with E-state index in [0.717, 1.165) is 5.39 Å². The summed E-state index contributed by atoms with van der Waals surface area (Å²) in [5.41, 5.74) is 1.15. The van der Waals surface area contributed by atoms with Gasteiger partial charge >= 0.3 is 5.97 Å². The summed E-state index contributed by atoms with van der Waals surface area (Å²) in [7, 11) is 0. The van der Waals surface area contributed by atoms with Crippen LogP contribution in [0.3, 0.4) is 0 Å². The van der Waals surface area contributed by atoms with Gasteiger partial charge in [-0.05, 0) is 13.0 Å². The fourth-order valence-electron chi connectivity index (χ4n) is 1.63. The van der Waals surface area contributed by atoms with Crippen LogP contribution in [-0.2, 0) is 4.74 Å². The minimum absolute atomic E-state index is 0.324. The van der Waals surface area contributed by atoms with Gasteiger partial charge in [-0.2, -0.15) is 5.26 Å². The van der Waals surface area contributed by atoms with Crippen LogP contribution in [0.4, 0.5) is 0 Å². The molecule has 0 aliphatic rings. The number of nitrogens with zero attached hydrogens (tertiary/aromatic N) is 2. The number of hydrogen-bond donors (Lipinski definition) is 0. The fourth-order valence-corrected chi connectivity index (χ4v) is 1.63. The van der Waals surface area contributed by atoms with Gasteiger partial charge in [-0.15, -0.1) is 0 Å². The maximum atomic E-state index is 11.6. The molecule has 1 heterocycles. The zero-order valence-electron chi connectivity index (χ0n) is 8.80. The third-order valence-corrected chi connectivity index (χ3v) is 2.32. The van der Waals surface area contributed by atoms with Crippen molar-refractivity contribution in [3.05, 3.63) is 36.0 Å². The molecule has 0 N–H and O–H groups in total. The maximum absolute atomic E-state index is 11.6. The molecular weight excluding hydrogens is 204 g/mol. The molecule has 0 fully saturated rings. The highest BCUT2D eigenvalue weighted by Crippen LogP contribution is 2.21. The van der Waals surface area contributed by atoms with Crippen molar-refractivity contribution in [1.29, 1.82) is 5.26 Å². The average molecular weight is 214 g/mol. The number of esters is 1. The molecule has 0 aliphatic carbocycles. The second kappa shape index (κ2) is 4.07. The highest BCUT2D eigenvalue weighted by atomic mass is 16.5. The van der Waals surface area contributed by atoms with Gasteiger partial charge in [0, 0.05) is 11.6 Å². The van der Waals surface area contributed by atoms with E-state index in [1.165, 1.54) is 10.8 Å². The van der Waals surface area contributed by atoms with Gasteiger partial charge < -0.3 is 4.74 Å². The van der Waals surface area contributed by atoms with Crippen molar-refractivity contribution >= 4 is 16.9 Å². The van der Waals surface area contributed by atoms with Gasteiger partial charge in [0.05, 0.1) is 17.7 Å². The van der Waals surface area contributed by atoms with Gasteiger partial charge in [0.15, 0.2) is 6.19 Å². The van der Waals surface area contributed by atoms with Crippen LogP contribution in [0, 0.1) is 11.5 Å². The molecule has 0 saturated heterocycles. The number of rotatable bonds is 2. The fraction of sp³-hybridized carbons (Fsp3) is 0.167. The van der Waals surface area contributed by atoms with E-state index >= 15 is 0 Å². The van der Waals surface area contributed by atoms with Crippen molar-refractivity contribution in [1.82, 2.24) is 4.57 Å². The first-order chi connectivity index (χ1) is 7.77. The van der Waals surface area contributed by atoms with E-state index < -0.39 is 5.97 Å². The third kappa shape index (κ3) is 1.52. The Morgan fingerprint density at radius 2 is 2.25 bits per heavy atom. The number of aromatic nitrogens is 1. The smallest absolute Gasteiger partial charge is 0.340 e. The van der Waals surface area contributed by atoms with Crippen LogP contribution in [0.5, 0.6) is 0 Å². The van der Waals surface area contributed by atoms with Gasteiger partial charge in [0.25, 0.3) is 0 Å². The molecule has 4 nitrogen and oxygen atoms in total. The minimum atomic E-state index is -0.396. The molecular formula is C12H10N2O2. The van der Waals surface area contributed by atoms with E-state index in [1.54, 1.807) is 19.1 Å². The lowest BCUT2D eigenvalue weighted by Crippen LogP contribution is -2.03. The van der Waals surface area contributed by atoms with Crippen LogP contribution in [0.1, 0.15) is 17.3 Å². The van der Waals surface area contributed by atoms with Crippen LogP contribution in [0.25, 0.3) is 10.9 Å². The van der Waals surface area contributed by atoms with Crippen molar-refractivity contribution in [3.63, 3.8) is 0 Å². The monoisotopic (exact) mass is 214 g/mol. The predicted molar refractivity (Wildman–Crippen MR) is 58.9 cm³/mol. The van der Waals surface area contributed by atoms with Crippen molar-refractivity contribution in [3.8, 4) is 6.19 Å². The number of benzene rings is 1. The summed E-state index contributed by atoms with van der Waals surface area (Å²) in [6.45, 7) is 2.08. The number of ether oxygens (including phenoxy) is 1. The summed E-state index contributed by atoms with van der Waals surface area (Å²) in [6, 6.07) is 7.24. The zero-order valence-corrected chi connectivity index (χ0v) is 8.80. The Labute approximate surface area is 92.7 Å². The summed E-state index contributed by atoms with van der Waals surface area (Å²) in [5, 5.41) is 9.66. The quantitative estimate of drug-likeness (QED) is 0.720. The van der Waals surface area contributed by atoms with Crippen LogP contribution in [0.2, 0.25) is 0 Å². The Kier molecular flexibility index (Phi) is 2.61. The van der Waals surface area contributed by atoms with Crippen molar-refractivity contribution in [2.45, 2.75) is 6.92 Å². The third-order valence-electron chi connectivity index (χ3n) is 2.32. The molecule has 0 atom stereocenters. The Bertz CT molecular complexity index is 578. The SMILES string of the molecule is CCOC(=O)c1cn(C#N)c2ccccc12. The number of carbonyl (C=O) groups is 1. The van der Waals surface area contributed by atoms with Crippen LogP contribution >= 0.6 is 0 Å². The Hall–Kier alpha value is -2.28. The first-order valence-electron chi connectivity index (χ1n) is 4.95. The molecule has 0 spiro atoms. The molecule has 80 valence electrons. The lowest BCUT2D eigenvalue weighted by Gasteiger charge is -1.98. The molecule has 4 heteroatoms. The molecule has 16 heavy (non-hydrogen) atoms. The van der Waals surface area contributed by atoms with Crippen molar-refractivity contribution < 1.29 is 9.53 Å². The van der Waals surface area contributed by atoms with Crippen LogP contribution in [0.15, 0.2) is 30.5 Å². The Morgan fingerprint density at radius 3 is 2.94 bits per heavy atom. The highest BCUT2D eigenvalue weighted by molar-refractivity contribution is 6.04. The molecule has 2 aromatic rings. The molecule has 0 radical (unpaired) electrons. The van der Waals surface area contributed by atoms with Gasteiger partial charge in [-0.25, -0.2) is 4.79 Å². The molecule has 1 aromatic carbocycles. The summed E-state index contributed by atoms with van der Waals surface area (Å²) < 4.78 is 6.29. The van der Waals surface area contributed by atoms with Gasteiger partial charge in [-0.1, -0.05) is 18.2 Å². The van der Waals surface area contributed by atoms with E-state index in [4.69, 9.17) is 10.00 Å². The second-order valence-corrected chi connectivity index (χ2v) is 3.25. The van der Waals surface area contributed by atoms with Crippen molar-refractivity contribution in [2.24, 2.45) is 0 Å². The summed E-state index contributed by atoms with van der Waals surface area (Å²) in [6.07, 6.45) is 3.50. The largest absolute Gasteiger partial charge is 0.462 e. The summed E-state index contributed by atoms with van der Waals surface area (Å²) >= 11 is 0. The maximum Gasteiger partial charge on any atom is 0.340 e. The first kappa shape index (κ1) is 10.2. The average Bonchev–Trinajstić information content (AvgIpc) is 2.68. The standard InChI is InChI=1S/C12H10N2O2/c1-2-16-12(15)10-7-14(8-13)11-6-4-3-5-9(10)11/h3-7H,2H2,1H3. The molecule has 1 aromatic heterocycles. The van der Waals surface area contributed by atoms with Crippen LogP contribution in [-0.4, -0.2) is 17.1 Å². The Morgan fingerprint density at radius 1 is 1.50 bits per heavy atom. The normalized spacial score (nSPS) is 10.0. The molecule has 0 aliphatic heterocycles. The highest BCUT2D eigenvalue weighted by Gasteiger charge is 2.15. The zero-order chi connectivity index (χ0) is 11.5. The topological polar surface area (TPSA) is 55.0 Å². The number of carbonyl (C=O) groups excluding carboxylic acids is 1. The number of para-hydroxylation sites is 1. The molecule has 0 amide bonds. The summed E-state index contributed by atoms with van der Waals surface area (Å²) in [5.74, 6) is -0.396. The molecule has 0 bridgehead atoms. The number of nitriles is 1. The number of hydrogen-bond acceptors (Lipinski definition) is 3. The van der Waals surface area contributed by atoms with E-state index in [-0.39, 0.29) is 0 Å². The second-order valence-electron chi connectivity index (χ2n) is 3.25. The van der Waals surface area contributed by atoms with Gasteiger partial charge in [0.1, 0.15) is 0 Å². The number of fused-ring (bicyclic) bond motifs is 1. The minimum Gasteiger partial charge on any atom is -0.462 e. The van der Waals surface area contributed by atoms with E-state index in [0.29, 0.717) is 17.7 Å². The van der Waals surface area contributed by atoms with E-state index in [2.05, 4.69) is 0 Å². The summed E-state index contributed by atoms with van der Waals surface area (Å²) in [4.78, 5) is 11.6. The van der Waals surface area contributed by atoms with Crippen molar-refractivity contribution in [2.75, 3.05) is 6.61 Å². The van der Waals surface area contributed by atoms with Gasteiger partial charge in [0.2, 0.25) is 0 Å². The molecule has 0 saturated carbocycles. The Balaban J connectivity index is 2.63. The lowest BCUT2D eigenvalue weighted by molar-refractivity contribution is 0.0528. The lowest BCUT2D eigenvalue weighted by atomic mass is 10.2. The van der Waals surface area contributed by atoms with Gasteiger partial charge in [-0.3, -0.25) is 4.57 Å². The molecule has 0 unspecified atom stereocenters.